The molecule has 164 valence electrons. The molecule has 0 bridgehead atoms. The Balaban J connectivity index is 1.68. The molecule has 0 saturated carbocycles. The molecule has 0 aliphatic carbocycles. The lowest BCUT2D eigenvalue weighted by Crippen LogP contribution is -2.24. The summed E-state index contributed by atoms with van der Waals surface area (Å²) in [5.41, 5.74) is 3.45. The van der Waals surface area contributed by atoms with Gasteiger partial charge in [0.15, 0.2) is 17.4 Å². The first-order valence-electron chi connectivity index (χ1n) is 8.73. The number of aromatic nitrogens is 1. The van der Waals surface area contributed by atoms with Gasteiger partial charge in [-0.3, -0.25) is 24.3 Å². The van der Waals surface area contributed by atoms with Crippen LogP contribution in [0.25, 0.3) is 5.69 Å². The zero-order valence-electron chi connectivity index (χ0n) is 15.6. The summed E-state index contributed by atoms with van der Waals surface area (Å²) in [6.07, 6.45) is -4.94. The van der Waals surface area contributed by atoms with Gasteiger partial charge in [0.25, 0.3) is 17.4 Å². The number of carbonyl (C=O) groups is 2. The number of hydrogen-bond acceptors (Lipinski definition) is 5. The number of hydrogen-bond donors (Lipinski definition) is 2. The molecule has 2 amide bonds. The molecule has 1 aliphatic rings. The molecule has 12 heteroatoms. The van der Waals surface area contributed by atoms with E-state index in [2.05, 4.69) is 0 Å². The highest BCUT2D eigenvalue weighted by molar-refractivity contribution is 6.23. The number of fused-ring (bicyclic) bond motifs is 1. The van der Waals surface area contributed by atoms with Crippen molar-refractivity contribution in [1.82, 2.24) is 9.88 Å². The van der Waals surface area contributed by atoms with Gasteiger partial charge in [0.05, 0.1) is 22.4 Å². The highest BCUT2D eigenvalue weighted by atomic mass is 19.4. The molecule has 0 radical (unpaired) electrons. The Labute approximate surface area is 174 Å². The molecule has 1 aromatic heterocycles. The van der Waals surface area contributed by atoms with E-state index in [1.54, 1.807) is 0 Å². The normalized spacial score (nSPS) is 13.2. The second-order valence-electron chi connectivity index (χ2n) is 6.64. The van der Waals surface area contributed by atoms with Gasteiger partial charge in [-0.25, -0.2) is 8.78 Å². The van der Waals surface area contributed by atoms with Crippen LogP contribution in [0, 0.1) is 11.6 Å². The molecule has 3 aromatic rings. The third-order valence-corrected chi connectivity index (χ3v) is 4.59. The SMILES string of the molecule is Nc1c2c(cc(=O)n1-c1ccc(Oc3c(F)cc(C(F)(F)F)cc3F)cc1)C(=O)NC2=O. The Morgan fingerprint density at radius 1 is 0.906 bits per heavy atom. The molecule has 3 N–H and O–H groups in total. The summed E-state index contributed by atoms with van der Waals surface area (Å²) >= 11 is 0. The molecule has 2 heterocycles. The van der Waals surface area contributed by atoms with E-state index in [4.69, 9.17) is 10.5 Å². The van der Waals surface area contributed by atoms with Crippen molar-refractivity contribution in [2.24, 2.45) is 0 Å². The minimum atomic E-state index is -4.94. The number of imide groups is 1. The maximum atomic E-state index is 14.0. The maximum Gasteiger partial charge on any atom is 0.416 e. The minimum absolute atomic E-state index is 0.101. The Morgan fingerprint density at radius 3 is 2.06 bits per heavy atom. The van der Waals surface area contributed by atoms with Crippen molar-refractivity contribution < 1.29 is 36.3 Å². The topological polar surface area (TPSA) is 103 Å². The summed E-state index contributed by atoms with van der Waals surface area (Å²) in [7, 11) is 0. The Morgan fingerprint density at radius 2 is 1.50 bits per heavy atom. The molecule has 32 heavy (non-hydrogen) atoms. The molecule has 4 rings (SSSR count). The smallest absolute Gasteiger partial charge is 0.416 e. The van der Waals surface area contributed by atoms with Crippen LogP contribution < -0.4 is 21.3 Å². The van der Waals surface area contributed by atoms with Gasteiger partial charge < -0.3 is 10.5 Å². The number of alkyl halides is 3. The summed E-state index contributed by atoms with van der Waals surface area (Å²) in [5, 5.41) is 2.02. The van der Waals surface area contributed by atoms with E-state index in [1.165, 1.54) is 24.3 Å². The second-order valence-corrected chi connectivity index (χ2v) is 6.64. The Hall–Kier alpha value is -4.22. The Bertz CT molecular complexity index is 1320. The molecule has 0 spiro atoms. The van der Waals surface area contributed by atoms with Gasteiger partial charge in [0, 0.05) is 6.07 Å². The number of halogens is 5. The number of ether oxygens (including phenoxy) is 1. The largest absolute Gasteiger partial charge is 0.451 e. The number of anilines is 1. The third-order valence-electron chi connectivity index (χ3n) is 4.59. The molecule has 1 aliphatic heterocycles. The summed E-state index contributed by atoms with van der Waals surface area (Å²) in [6.45, 7) is 0. The number of pyridine rings is 1. The van der Waals surface area contributed by atoms with Crippen LogP contribution in [0.2, 0.25) is 0 Å². The molecular formula is C20H10F5N3O4. The predicted molar refractivity (Wildman–Crippen MR) is 99.7 cm³/mol. The van der Waals surface area contributed by atoms with Crippen molar-refractivity contribution in [3.8, 4) is 17.2 Å². The fourth-order valence-electron chi connectivity index (χ4n) is 3.15. The van der Waals surface area contributed by atoms with Gasteiger partial charge in [-0.05, 0) is 36.4 Å². The van der Waals surface area contributed by atoms with Crippen LogP contribution >= 0.6 is 0 Å². The first kappa shape index (κ1) is 21.0. The summed E-state index contributed by atoms with van der Waals surface area (Å²) < 4.78 is 71.9. The fraction of sp³-hybridized carbons (Fsp3) is 0.0500. The lowest BCUT2D eigenvalue weighted by atomic mass is 10.1. The van der Waals surface area contributed by atoms with Crippen LogP contribution in [-0.2, 0) is 6.18 Å². The van der Waals surface area contributed by atoms with E-state index in [-0.39, 0.29) is 40.5 Å². The zero-order chi connectivity index (χ0) is 23.4. The summed E-state index contributed by atoms with van der Waals surface area (Å²) in [5.74, 6) is -6.16. The van der Waals surface area contributed by atoms with E-state index >= 15 is 0 Å². The number of nitrogen functional groups attached to an aromatic ring is 1. The molecule has 2 aromatic carbocycles. The van der Waals surface area contributed by atoms with E-state index in [9.17, 15) is 36.3 Å². The number of nitrogens with one attached hydrogen (secondary N) is 1. The van der Waals surface area contributed by atoms with Crippen molar-refractivity contribution in [2.45, 2.75) is 6.18 Å². The van der Waals surface area contributed by atoms with Crippen LogP contribution in [0.15, 0.2) is 47.3 Å². The van der Waals surface area contributed by atoms with E-state index < -0.39 is 46.5 Å². The minimum Gasteiger partial charge on any atom is -0.451 e. The number of benzene rings is 2. The van der Waals surface area contributed by atoms with Crippen molar-refractivity contribution >= 4 is 17.6 Å². The highest BCUT2D eigenvalue weighted by Gasteiger charge is 2.33. The quantitative estimate of drug-likeness (QED) is 0.470. The third kappa shape index (κ3) is 3.45. The van der Waals surface area contributed by atoms with Gasteiger partial charge in [-0.15, -0.1) is 0 Å². The standard InChI is InChI=1S/C20H10F5N3O4/c21-12-5-8(20(23,24)25)6-13(22)16(12)32-10-3-1-9(2-4-10)28-14(29)7-11-15(17(28)26)19(31)27-18(11)30/h1-7H,26H2,(H,27,30,31). The van der Waals surface area contributed by atoms with Gasteiger partial charge in [-0.1, -0.05) is 0 Å². The fourth-order valence-corrected chi connectivity index (χ4v) is 3.15. The number of nitrogens with zero attached hydrogens (tertiary/aromatic N) is 1. The molecule has 0 unspecified atom stereocenters. The average molecular weight is 451 g/mol. The van der Waals surface area contributed by atoms with E-state index in [0.717, 1.165) is 10.6 Å². The second kappa shape index (κ2) is 7.18. The van der Waals surface area contributed by atoms with Crippen molar-refractivity contribution in [1.29, 1.82) is 0 Å². The molecule has 7 nitrogen and oxygen atoms in total. The number of nitrogens with two attached hydrogens (primary N) is 1. The van der Waals surface area contributed by atoms with Crippen molar-refractivity contribution in [2.75, 3.05) is 5.73 Å². The van der Waals surface area contributed by atoms with Crippen LogP contribution in [0.1, 0.15) is 26.3 Å². The predicted octanol–water partition coefficient (Wildman–Crippen LogP) is 3.39. The van der Waals surface area contributed by atoms with E-state index in [0.29, 0.717) is 0 Å². The van der Waals surface area contributed by atoms with Crippen LogP contribution in [0.4, 0.5) is 27.8 Å². The molecular weight excluding hydrogens is 441 g/mol. The molecule has 0 atom stereocenters. The van der Waals surface area contributed by atoms with Crippen LogP contribution in [0.3, 0.4) is 0 Å². The first-order valence-corrected chi connectivity index (χ1v) is 8.73. The molecule has 0 saturated heterocycles. The Kier molecular flexibility index (Phi) is 4.72. The average Bonchev–Trinajstić information content (AvgIpc) is 2.98. The van der Waals surface area contributed by atoms with Crippen molar-refractivity contribution in [3.63, 3.8) is 0 Å². The van der Waals surface area contributed by atoms with Gasteiger partial charge in [0.1, 0.15) is 11.6 Å². The van der Waals surface area contributed by atoms with Crippen LogP contribution in [-0.4, -0.2) is 16.4 Å². The lowest BCUT2D eigenvalue weighted by molar-refractivity contribution is -0.138. The lowest BCUT2D eigenvalue weighted by Gasteiger charge is -2.14. The number of carbonyl (C=O) groups excluding carboxylic acids is 2. The zero-order valence-corrected chi connectivity index (χ0v) is 15.6. The highest BCUT2D eigenvalue weighted by Crippen LogP contribution is 2.35. The molecule has 0 fully saturated rings. The number of amides is 2. The maximum absolute atomic E-state index is 14.0. The van der Waals surface area contributed by atoms with Gasteiger partial charge in [-0.2, -0.15) is 13.2 Å². The first-order chi connectivity index (χ1) is 15.0. The monoisotopic (exact) mass is 451 g/mol. The summed E-state index contributed by atoms with van der Waals surface area (Å²) in [6, 6.07) is 6.01. The van der Waals surface area contributed by atoms with Crippen molar-refractivity contribution in [3.05, 3.63) is 81.1 Å². The van der Waals surface area contributed by atoms with Gasteiger partial charge in [0.2, 0.25) is 0 Å². The number of rotatable bonds is 3. The summed E-state index contributed by atoms with van der Waals surface area (Å²) in [4.78, 5) is 36.0. The van der Waals surface area contributed by atoms with Crippen LogP contribution in [0.5, 0.6) is 11.5 Å². The van der Waals surface area contributed by atoms with E-state index in [1.807, 2.05) is 5.32 Å². The van der Waals surface area contributed by atoms with Gasteiger partial charge >= 0.3 is 6.18 Å².